The zero-order chi connectivity index (χ0) is 14.0. The van der Waals surface area contributed by atoms with Gasteiger partial charge in [0, 0.05) is 17.2 Å². The number of benzene rings is 1. The molecule has 0 bridgehead atoms. The third-order valence-electron chi connectivity index (χ3n) is 2.68. The molecular weight excluding hydrogens is 326 g/mol. The molecule has 102 valence electrons. The van der Waals surface area contributed by atoms with Gasteiger partial charge in [-0.25, -0.2) is 4.98 Å². The Hall–Kier alpha value is -1.00. The van der Waals surface area contributed by atoms with E-state index in [1.54, 1.807) is 0 Å². The molecule has 1 aromatic heterocycles. The highest BCUT2D eigenvalue weighted by atomic mass is 79.9. The van der Waals surface area contributed by atoms with E-state index < -0.39 is 0 Å². The highest BCUT2D eigenvalue weighted by Gasteiger charge is 2.09. The minimum atomic E-state index is 0.568. The van der Waals surface area contributed by atoms with Crippen molar-refractivity contribution in [3.63, 3.8) is 0 Å². The van der Waals surface area contributed by atoms with Gasteiger partial charge in [-0.3, -0.25) is 4.57 Å². The molecule has 1 N–H and O–H groups in total. The summed E-state index contributed by atoms with van der Waals surface area (Å²) in [7, 11) is 0. The second-order valence-electron chi connectivity index (χ2n) is 4.95. The number of imidazole rings is 1. The van der Waals surface area contributed by atoms with Crippen LogP contribution in [0.2, 0.25) is 5.02 Å². The molecule has 0 aliphatic heterocycles. The zero-order valence-electron chi connectivity index (χ0n) is 11.2. The molecule has 0 unspecified atom stereocenters. The number of aromatic nitrogens is 2. The average Bonchev–Trinajstić information content (AvgIpc) is 2.71. The van der Waals surface area contributed by atoms with E-state index in [9.17, 15) is 0 Å². The fraction of sp³-hybridized carbons (Fsp3) is 0.357. The van der Waals surface area contributed by atoms with Crippen LogP contribution < -0.4 is 5.32 Å². The number of nitrogens with zero attached hydrogens (tertiary/aromatic N) is 2. The Bertz CT molecular complexity index is 578. The van der Waals surface area contributed by atoms with Crippen LogP contribution in [0.15, 0.2) is 28.9 Å². The van der Waals surface area contributed by atoms with Crippen molar-refractivity contribution >= 4 is 33.5 Å². The van der Waals surface area contributed by atoms with Gasteiger partial charge in [0.25, 0.3) is 0 Å². The van der Waals surface area contributed by atoms with Crippen molar-refractivity contribution < 1.29 is 0 Å². The summed E-state index contributed by atoms with van der Waals surface area (Å²) < 4.78 is 2.92. The lowest BCUT2D eigenvalue weighted by Crippen LogP contribution is -2.12. The Morgan fingerprint density at radius 1 is 1.42 bits per heavy atom. The van der Waals surface area contributed by atoms with E-state index in [0.717, 1.165) is 28.3 Å². The molecule has 5 heteroatoms. The Balaban J connectivity index is 2.35. The lowest BCUT2D eigenvalue weighted by molar-refractivity contribution is 0.683. The van der Waals surface area contributed by atoms with Crippen LogP contribution in [0.3, 0.4) is 0 Å². The van der Waals surface area contributed by atoms with Crippen LogP contribution in [0.1, 0.15) is 19.5 Å². The largest absolute Gasteiger partial charge is 0.355 e. The number of hydrogen-bond acceptors (Lipinski definition) is 2. The molecule has 1 aromatic carbocycles. The summed E-state index contributed by atoms with van der Waals surface area (Å²) in [6, 6.07) is 5.88. The number of hydrogen-bond donors (Lipinski definition) is 1. The van der Waals surface area contributed by atoms with E-state index in [-0.39, 0.29) is 0 Å². The van der Waals surface area contributed by atoms with E-state index in [1.807, 2.05) is 35.9 Å². The van der Waals surface area contributed by atoms with Crippen molar-refractivity contribution in [3.8, 4) is 5.69 Å². The molecule has 1 heterocycles. The predicted molar refractivity (Wildman–Crippen MR) is 84.3 cm³/mol. The van der Waals surface area contributed by atoms with Gasteiger partial charge in [0.05, 0.1) is 16.4 Å². The van der Waals surface area contributed by atoms with Gasteiger partial charge in [-0.2, -0.15) is 0 Å². The van der Waals surface area contributed by atoms with Gasteiger partial charge < -0.3 is 5.32 Å². The molecule has 0 saturated carbocycles. The van der Waals surface area contributed by atoms with Gasteiger partial charge in [-0.05, 0) is 47.0 Å². The molecule has 0 fully saturated rings. The Labute approximate surface area is 127 Å². The van der Waals surface area contributed by atoms with Crippen LogP contribution in [0.5, 0.6) is 0 Å². The third kappa shape index (κ3) is 3.51. The van der Waals surface area contributed by atoms with Crippen molar-refractivity contribution in [2.24, 2.45) is 5.92 Å². The third-order valence-corrected chi connectivity index (χ3v) is 3.91. The van der Waals surface area contributed by atoms with Gasteiger partial charge in [-0.15, -0.1) is 0 Å². The zero-order valence-corrected chi connectivity index (χ0v) is 13.6. The number of aryl methyl sites for hydroxylation is 1. The van der Waals surface area contributed by atoms with Gasteiger partial charge in [0.15, 0.2) is 0 Å². The van der Waals surface area contributed by atoms with E-state index >= 15 is 0 Å². The monoisotopic (exact) mass is 341 g/mol. The minimum Gasteiger partial charge on any atom is -0.355 e. The molecule has 0 amide bonds. The maximum absolute atomic E-state index is 6.15. The first-order valence-corrected chi connectivity index (χ1v) is 7.39. The number of nitrogens with one attached hydrogen (secondary N) is 1. The first kappa shape index (κ1) is 14.4. The molecule has 0 saturated heterocycles. The lowest BCUT2D eigenvalue weighted by Gasteiger charge is -2.12. The van der Waals surface area contributed by atoms with Crippen molar-refractivity contribution in [1.29, 1.82) is 0 Å². The van der Waals surface area contributed by atoms with Crippen molar-refractivity contribution in [2.75, 3.05) is 11.9 Å². The van der Waals surface area contributed by atoms with E-state index in [4.69, 9.17) is 11.6 Å². The summed E-state index contributed by atoms with van der Waals surface area (Å²) in [5, 5.41) is 4.06. The molecule has 2 aromatic rings. The average molecular weight is 343 g/mol. The summed E-state index contributed by atoms with van der Waals surface area (Å²) >= 11 is 9.55. The molecule has 0 spiro atoms. The fourth-order valence-electron chi connectivity index (χ4n) is 1.75. The predicted octanol–water partition coefficient (Wildman–Crippen LogP) is 4.66. The second kappa shape index (κ2) is 5.97. The van der Waals surface area contributed by atoms with Crippen LogP contribution in [0, 0.1) is 12.8 Å². The molecule has 2 rings (SSSR count). The second-order valence-corrected chi connectivity index (χ2v) is 6.21. The SMILES string of the molecule is Cc1cn(-c2ccc(Br)c(Cl)c2)c(NCC(C)C)n1. The van der Waals surface area contributed by atoms with Crippen molar-refractivity contribution in [3.05, 3.63) is 39.6 Å². The topological polar surface area (TPSA) is 29.9 Å². The molecule has 0 atom stereocenters. The quantitative estimate of drug-likeness (QED) is 0.875. The van der Waals surface area contributed by atoms with Gasteiger partial charge >= 0.3 is 0 Å². The first-order valence-electron chi connectivity index (χ1n) is 6.22. The molecule has 3 nitrogen and oxygen atoms in total. The molecule has 0 radical (unpaired) electrons. The summed E-state index contributed by atoms with van der Waals surface area (Å²) in [5.41, 5.74) is 1.98. The van der Waals surface area contributed by atoms with E-state index in [0.29, 0.717) is 10.9 Å². The van der Waals surface area contributed by atoms with Crippen LogP contribution in [0.4, 0.5) is 5.95 Å². The Morgan fingerprint density at radius 3 is 2.79 bits per heavy atom. The summed E-state index contributed by atoms with van der Waals surface area (Å²) in [6.45, 7) is 7.21. The van der Waals surface area contributed by atoms with Gasteiger partial charge in [-0.1, -0.05) is 25.4 Å². The molecular formula is C14H17BrClN3. The number of rotatable bonds is 4. The number of anilines is 1. The minimum absolute atomic E-state index is 0.568. The Kier molecular flexibility index (Phi) is 4.53. The smallest absolute Gasteiger partial charge is 0.207 e. The van der Waals surface area contributed by atoms with E-state index in [1.165, 1.54) is 0 Å². The first-order chi connectivity index (χ1) is 8.97. The standard InChI is InChI=1S/C14H17BrClN3/c1-9(2)7-17-14-18-10(3)8-19(14)11-4-5-12(15)13(16)6-11/h4-6,8-9H,7H2,1-3H3,(H,17,18). The normalized spacial score (nSPS) is 11.1. The number of halogens is 2. The molecule has 0 aliphatic carbocycles. The van der Waals surface area contributed by atoms with Crippen LogP contribution in [-0.4, -0.2) is 16.1 Å². The van der Waals surface area contributed by atoms with Gasteiger partial charge in [0.2, 0.25) is 5.95 Å². The van der Waals surface area contributed by atoms with Crippen molar-refractivity contribution in [2.45, 2.75) is 20.8 Å². The maximum Gasteiger partial charge on any atom is 0.207 e. The van der Waals surface area contributed by atoms with Crippen LogP contribution in [0.25, 0.3) is 5.69 Å². The van der Waals surface area contributed by atoms with Crippen molar-refractivity contribution in [1.82, 2.24) is 9.55 Å². The fourth-order valence-corrected chi connectivity index (χ4v) is 2.17. The highest BCUT2D eigenvalue weighted by molar-refractivity contribution is 9.10. The van der Waals surface area contributed by atoms with Gasteiger partial charge in [0.1, 0.15) is 0 Å². The summed E-state index contributed by atoms with van der Waals surface area (Å²) in [5.74, 6) is 1.42. The maximum atomic E-state index is 6.15. The lowest BCUT2D eigenvalue weighted by atomic mass is 10.2. The highest BCUT2D eigenvalue weighted by Crippen LogP contribution is 2.26. The van der Waals surface area contributed by atoms with E-state index in [2.05, 4.69) is 40.1 Å². The van der Waals surface area contributed by atoms with Crippen LogP contribution in [-0.2, 0) is 0 Å². The summed E-state index contributed by atoms with van der Waals surface area (Å²) in [4.78, 5) is 4.51. The Morgan fingerprint density at radius 2 is 2.16 bits per heavy atom. The molecule has 0 aliphatic rings. The van der Waals surface area contributed by atoms with Crippen LogP contribution >= 0.6 is 27.5 Å². The summed E-state index contributed by atoms with van der Waals surface area (Å²) in [6.07, 6.45) is 2.00. The molecule has 19 heavy (non-hydrogen) atoms.